The van der Waals surface area contributed by atoms with Crippen molar-refractivity contribution in [1.29, 1.82) is 0 Å². The smallest absolute Gasteiger partial charge is 0.354 e. The molecule has 0 aliphatic heterocycles. The fraction of sp³-hybridized carbons (Fsp3) is 0.100. The Labute approximate surface area is 146 Å². The molecule has 25 heavy (non-hydrogen) atoms. The molecule has 3 rings (SSSR count). The number of carbonyl (C=O) groups excluding carboxylic acids is 1. The quantitative estimate of drug-likeness (QED) is 0.325. The summed E-state index contributed by atoms with van der Waals surface area (Å²) in [5, 5.41) is 4.05. The van der Waals surface area contributed by atoms with Gasteiger partial charge in [0.1, 0.15) is 5.69 Å². The van der Waals surface area contributed by atoms with Crippen molar-refractivity contribution in [3.8, 4) is 0 Å². The lowest BCUT2D eigenvalue weighted by Gasteiger charge is -2.19. The van der Waals surface area contributed by atoms with Gasteiger partial charge in [0, 0.05) is 11.8 Å². The summed E-state index contributed by atoms with van der Waals surface area (Å²) in [5.74, 6) is 5.18. The van der Waals surface area contributed by atoms with Crippen LogP contribution in [0.2, 0.25) is 0 Å². The van der Waals surface area contributed by atoms with Crippen LogP contribution in [0.15, 0.2) is 78.0 Å². The summed E-state index contributed by atoms with van der Waals surface area (Å²) in [6.07, 6.45) is 1.72. The number of ether oxygens (including phenoxy) is 1. The molecular formula is C20H19N3O2. The molecule has 0 aliphatic rings. The van der Waals surface area contributed by atoms with E-state index in [2.05, 4.69) is 10.1 Å². The largest absolute Gasteiger partial charge is 0.464 e. The molecule has 3 N–H and O–H groups in total. The van der Waals surface area contributed by atoms with Gasteiger partial charge in [-0.1, -0.05) is 60.7 Å². The molecule has 0 bridgehead atoms. The maximum absolute atomic E-state index is 11.7. The van der Waals surface area contributed by atoms with Crippen LogP contribution in [0.1, 0.15) is 33.1 Å². The first-order valence-corrected chi connectivity index (χ1v) is 7.89. The number of aromatic nitrogens is 1. The van der Waals surface area contributed by atoms with Crippen LogP contribution in [0.4, 0.5) is 0 Å². The van der Waals surface area contributed by atoms with E-state index in [1.54, 1.807) is 12.3 Å². The van der Waals surface area contributed by atoms with E-state index in [1.165, 1.54) is 7.11 Å². The van der Waals surface area contributed by atoms with E-state index in [9.17, 15) is 4.79 Å². The number of nitrogens with zero attached hydrogens (tertiary/aromatic N) is 1. The monoisotopic (exact) mass is 333 g/mol. The Kier molecular flexibility index (Phi) is 4.95. The highest BCUT2D eigenvalue weighted by molar-refractivity contribution is 6.08. The number of hydrogen-bond donors (Lipinski definition) is 2. The minimum Gasteiger partial charge on any atom is -0.464 e. The van der Waals surface area contributed by atoms with Gasteiger partial charge in [-0.15, -0.1) is 0 Å². The normalized spacial score (nSPS) is 11.5. The fourth-order valence-electron chi connectivity index (χ4n) is 2.88. The van der Waals surface area contributed by atoms with Gasteiger partial charge in [-0.2, -0.15) is 5.10 Å². The predicted molar refractivity (Wildman–Crippen MR) is 97.6 cm³/mol. The van der Waals surface area contributed by atoms with Gasteiger partial charge in [0.25, 0.3) is 0 Å². The highest BCUT2D eigenvalue weighted by Gasteiger charge is 2.23. The molecule has 5 heteroatoms. The molecule has 0 radical (unpaired) electrons. The first kappa shape index (κ1) is 16.5. The molecule has 5 nitrogen and oxygen atoms in total. The number of methoxy groups -OCH3 is 1. The molecule has 0 saturated heterocycles. The van der Waals surface area contributed by atoms with Crippen LogP contribution in [0, 0.1) is 0 Å². The molecular weight excluding hydrogens is 314 g/mol. The third-order valence-corrected chi connectivity index (χ3v) is 4.06. The van der Waals surface area contributed by atoms with Crippen molar-refractivity contribution in [2.24, 2.45) is 10.9 Å². The maximum Gasteiger partial charge on any atom is 0.354 e. The molecule has 2 aromatic carbocycles. The Morgan fingerprint density at radius 2 is 1.60 bits per heavy atom. The zero-order valence-corrected chi connectivity index (χ0v) is 13.8. The number of rotatable bonds is 5. The van der Waals surface area contributed by atoms with Crippen LogP contribution >= 0.6 is 0 Å². The third-order valence-electron chi connectivity index (χ3n) is 4.06. The van der Waals surface area contributed by atoms with Crippen molar-refractivity contribution in [2.75, 3.05) is 7.11 Å². The molecule has 0 fully saturated rings. The summed E-state index contributed by atoms with van der Waals surface area (Å²) in [4.78, 5) is 14.6. The summed E-state index contributed by atoms with van der Waals surface area (Å²) < 4.78 is 4.75. The van der Waals surface area contributed by atoms with Crippen LogP contribution < -0.4 is 5.84 Å². The second-order valence-corrected chi connectivity index (χ2v) is 5.56. The molecule has 0 amide bonds. The number of hydrazone groups is 1. The molecule has 126 valence electrons. The molecule has 0 unspecified atom stereocenters. The molecule has 3 aromatic rings. The van der Waals surface area contributed by atoms with Gasteiger partial charge in [0.05, 0.1) is 18.7 Å². The first-order valence-electron chi connectivity index (χ1n) is 7.89. The first-order chi connectivity index (χ1) is 12.2. The SMILES string of the molecule is COC(=O)c1cc(/C(=N\N)C(c2ccccc2)c2ccccc2)c[nH]1. The summed E-state index contributed by atoms with van der Waals surface area (Å²) in [6, 6.07) is 21.7. The summed E-state index contributed by atoms with van der Waals surface area (Å²) in [5.41, 5.74) is 3.92. The number of H-pyrrole nitrogens is 1. The van der Waals surface area contributed by atoms with Crippen molar-refractivity contribution in [3.63, 3.8) is 0 Å². The average molecular weight is 333 g/mol. The van der Waals surface area contributed by atoms with Crippen molar-refractivity contribution in [1.82, 2.24) is 4.98 Å². The molecule has 0 saturated carbocycles. The molecule has 0 aliphatic carbocycles. The zero-order valence-electron chi connectivity index (χ0n) is 13.8. The number of hydrogen-bond acceptors (Lipinski definition) is 4. The van der Waals surface area contributed by atoms with Gasteiger partial charge in [-0.25, -0.2) is 4.79 Å². The van der Waals surface area contributed by atoms with Gasteiger partial charge >= 0.3 is 5.97 Å². The molecule has 0 spiro atoms. The van der Waals surface area contributed by atoms with E-state index in [1.807, 2.05) is 60.7 Å². The van der Waals surface area contributed by atoms with Crippen molar-refractivity contribution in [3.05, 3.63) is 95.3 Å². The van der Waals surface area contributed by atoms with E-state index in [0.717, 1.165) is 16.7 Å². The highest BCUT2D eigenvalue weighted by Crippen LogP contribution is 2.29. The van der Waals surface area contributed by atoms with E-state index in [0.29, 0.717) is 11.4 Å². The Balaban J connectivity index is 2.08. The Bertz CT molecular complexity index is 831. The lowest BCUT2D eigenvalue weighted by molar-refractivity contribution is 0.0595. The molecule has 0 atom stereocenters. The maximum atomic E-state index is 11.7. The number of esters is 1. The van der Waals surface area contributed by atoms with Crippen molar-refractivity contribution < 1.29 is 9.53 Å². The average Bonchev–Trinajstić information content (AvgIpc) is 3.16. The minimum absolute atomic E-state index is 0.145. The Hall–Kier alpha value is -3.34. The van der Waals surface area contributed by atoms with E-state index < -0.39 is 5.97 Å². The van der Waals surface area contributed by atoms with E-state index in [4.69, 9.17) is 10.6 Å². The van der Waals surface area contributed by atoms with Gasteiger partial charge in [0.15, 0.2) is 0 Å². The number of benzene rings is 2. The van der Waals surface area contributed by atoms with E-state index >= 15 is 0 Å². The van der Waals surface area contributed by atoms with E-state index in [-0.39, 0.29) is 5.92 Å². The standard InChI is InChI=1S/C20H19N3O2/c1-25-20(24)17-12-16(13-22-17)19(23-21)18(14-8-4-2-5-9-14)15-10-6-3-7-11-15/h2-13,18,22H,21H2,1H3/b23-19+. The lowest BCUT2D eigenvalue weighted by Crippen LogP contribution is -2.17. The summed E-state index contributed by atoms with van der Waals surface area (Å²) in [7, 11) is 1.34. The summed E-state index contributed by atoms with van der Waals surface area (Å²) >= 11 is 0. The van der Waals surface area contributed by atoms with Gasteiger partial charge in [0.2, 0.25) is 0 Å². The highest BCUT2D eigenvalue weighted by atomic mass is 16.5. The van der Waals surface area contributed by atoms with Gasteiger partial charge in [-0.3, -0.25) is 0 Å². The van der Waals surface area contributed by atoms with Crippen LogP contribution in [-0.4, -0.2) is 23.8 Å². The lowest BCUT2D eigenvalue weighted by atomic mass is 9.85. The van der Waals surface area contributed by atoms with Gasteiger partial charge in [-0.05, 0) is 17.2 Å². The van der Waals surface area contributed by atoms with Crippen LogP contribution in [0.3, 0.4) is 0 Å². The predicted octanol–water partition coefficient (Wildman–Crippen LogP) is 3.30. The third kappa shape index (κ3) is 3.45. The molecule has 1 heterocycles. The number of aromatic amines is 1. The van der Waals surface area contributed by atoms with Crippen molar-refractivity contribution >= 4 is 11.7 Å². The van der Waals surface area contributed by atoms with Crippen LogP contribution in [-0.2, 0) is 4.74 Å². The van der Waals surface area contributed by atoms with Crippen molar-refractivity contribution in [2.45, 2.75) is 5.92 Å². The second-order valence-electron chi connectivity index (χ2n) is 5.56. The topological polar surface area (TPSA) is 80.5 Å². The number of carbonyl (C=O) groups is 1. The Morgan fingerprint density at radius 3 is 2.08 bits per heavy atom. The Morgan fingerprint density at radius 1 is 1.04 bits per heavy atom. The van der Waals surface area contributed by atoms with Crippen LogP contribution in [0.25, 0.3) is 0 Å². The summed E-state index contributed by atoms with van der Waals surface area (Å²) in [6.45, 7) is 0. The number of nitrogens with one attached hydrogen (secondary N) is 1. The zero-order chi connectivity index (χ0) is 17.6. The minimum atomic E-state index is -0.432. The fourth-order valence-corrected chi connectivity index (χ4v) is 2.88. The van der Waals surface area contributed by atoms with Gasteiger partial charge < -0.3 is 15.6 Å². The van der Waals surface area contributed by atoms with Crippen LogP contribution in [0.5, 0.6) is 0 Å². The number of nitrogens with two attached hydrogens (primary N) is 1. The molecule has 1 aromatic heterocycles. The second kappa shape index (κ2) is 7.49.